The van der Waals surface area contributed by atoms with Crippen LogP contribution in [-0.4, -0.2) is 59.4 Å². The summed E-state index contributed by atoms with van der Waals surface area (Å²) in [6.45, 7) is 9.37. The van der Waals surface area contributed by atoms with E-state index in [1.54, 1.807) is 4.90 Å². The summed E-state index contributed by atoms with van der Waals surface area (Å²) in [5.74, 6) is 0.0748. The standard InChI is InChI=1S/C20H28N4O3/c1-20(2,3)13-21-19(26)24-8-4-7-23(9-10-24)18(25)12-15-5-6-16-17(11-15)27-14-22-16/h5-6,11,14H,4,7-10,12-13H2,1-3H3,(H,21,26). The van der Waals surface area contributed by atoms with Gasteiger partial charge in [-0.2, -0.15) is 0 Å². The first-order valence-corrected chi connectivity index (χ1v) is 9.44. The Kier molecular flexibility index (Phi) is 5.68. The fourth-order valence-corrected chi connectivity index (χ4v) is 3.12. The van der Waals surface area contributed by atoms with E-state index in [1.807, 2.05) is 23.1 Å². The topological polar surface area (TPSA) is 78.7 Å². The summed E-state index contributed by atoms with van der Waals surface area (Å²) in [5.41, 5.74) is 2.44. The molecule has 2 aromatic rings. The predicted molar refractivity (Wildman–Crippen MR) is 103 cm³/mol. The zero-order valence-electron chi connectivity index (χ0n) is 16.3. The number of nitrogens with one attached hydrogen (secondary N) is 1. The number of aromatic nitrogens is 1. The van der Waals surface area contributed by atoms with Gasteiger partial charge in [0.1, 0.15) is 5.52 Å². The Morgan fingerprint density at radius 2 is 1.89 bits per heavy atom. The number of carbonyl (C=O) groups excluding carboxylic acids is 2. The van der Waals surface area contributed by atoms with Gasteiger partial charge in [0.25, 0.3) is 0 Å². The van der Waals surface area contributed by atoms with E-state index in [4.69, 9.17) is 4.42 Å². The van der Waals surface area contributed by atoms with Crippen molar-refractivity contribution in [2.75, 3.05) is 32.7 Å². The average molecular weight is 372 g/mol. The van der Waals surface area contributed by atoms with Gasteiger partial charge in [-0.1, -0.05) is 26.8 Å². The highest BCUT2D eigenvalue weighted by molar-refractivity contribution is 5.81. The monoisotopic (exact) mass is 372 g/mol. The first kappa shape index (κ1) is 19.2. The second-order valence-corrected chi connectivity index (χ2v) is 8.27. The molecule has 27 heavy (non-hydrogen) atoms. The van der Waals surface area contributed by atoms with Crippen LogP contribution in [0.15, 0.2) is 29.0 Å². The molecule has 0 atom stereocenters. The molecule has 7 heteroatoms. The smallest absolute Gasteiger partial charge is 0.317 e. The van der Waals surface area contributed by atoms with Crippen LogP contribution in [0.4, 0.5) is 4.79 Å². The number of hydrogen-bond acceptors (Lipinski definition) is 4. The average Bonchev–Trinajstić information content (AvgIpc) is 2.93. The Morgan fingerprint density at radius 3 is 2.67 bits per heavy atom. The van der Waals surface area contributed by atoms with Gasteiger partial charge in [0.05, 0.1) is 6.42 Å². The molecule has 0 aliphatic carbocycles. The van der Waals surface area contributed by atoms with Crippen molar-refractivity contribution in [2.45, 2.75) is 33.6 Å². The van der Waals surface area contributed by atoms with Crippen molar-refractivity contribution in [1.82, 2.24) is 20.1 Å². The Bertz CT molecular complexity index is 809. The first-order valence-electron chi connectivity index (χ1n) is 9.44. The summed E-state index contributed by atoms with van der Waals surface area (Å²) < 4.78 is 5.31. The Morgan fingerprint density at radius 1 is 1.15 bits per heavy atom. The number of carbonyl (C=O) groups is 2. The van der Waals surface area contributed by atoms with Gasteiger partial charge in [-0.3, -0.25) is 4.79 Å². The molecular formula is C20H28N4O3. The molecule has 0 spiro atoms. The lowest BCUT2D eigenvalue weighted by atomic mass is 9.97. The van der Waals surface area contributed by atoms with E-state index in [-0.39, 0.29) is 17.4 Å². The number of urea groups is 1. The van der Waals surface area contributed by atoms with Gasteiger partial charge in [-0.05, 0) is 29.5 Å². The Hall–Kier alpha value is -2.57. The van der Waals surface area contributed by atoms with Crippen molar-refractivity contribution >= 4 is 23.0 Å². The van der Waals surface area contributed by atoms with Crippen LogP contribution < -0.4 is 5.32 Å². The molecule has 0 bridgehead atoms. The molecular weight excluding hydrogens is 344 g/mol. The van der Waals surface area contributed by atoms with Crippen LogP contribution in [0.3, 0.4) is 0 Å². The molecule has 1 N–H and O–H groups in total. The van der Waals surface area contributed by atoms with E-state index in [1.165, 1.54) is 6.39 Å². The molecule has 3 amide bonds. The van der Waals surface area contributed by atoms with Crippen molar-refractivity contribution in [1.29, 1.82) is 0 Å². The van der Waals surface area contributed by atoms with Crippen LogP contribution >= 0.6 is 0 Å². The molecule has 1 aliphatic rings. The van der Waals surface area contributed by atoms with Crippen molar-refractivity contribution in [3.05, 3.63) is 30.2 Å². The van der Waals surface area contributed by atoms with Crippen molar-refractivity contribution in [3.8, 4) is 0 Å². The molecule has 1 fully saturated rings. The summed E-state index contributed by atoms with van der Waals surface area (Å²) in [5, 5.41) is 2.99. The third-order valence-electron chi connectivity index (χ3n) is 4.66. The maximum Gasteiger partial charge on any atom is 0.317 e. The van der Waals surface area contributed by atoms with E-state index in [0.717, 1.165) is 17.5 Å². The van der Waals surface area contributed by atoms with Gasteiger partial charge in [-0.15, -0.1) is 0 Å². The predicted octanol–water partition coefficient (Wildman–Crippen LogP) is 2.66. The molecule has 0 unspecified atom stereocenters. The number of oxazole rings is 1. The van der Waals surface area contributed by atoms with Gasteiger partial charge < -0.3 is 19.5 Å². The second-order valence-electron chi connectivity index (χ2n) is 8.27. The number of benzene rings is 1. The fraction of sp³-hybridized carbons (Fsp3) is 0.550. The number of nitrogens with zero attached hydrogens (tertiary/aromatic N) is 3. The van der Waals surface area contributed by atoms with Crippen LogP contribution in [0.2, 0.25) is 0 Å². The van der Waals surface area contributed by atoms with Gasteiger partial charge >= 0.3 is 6.03 Å². The van der Waals surface area contributed by atoms with E-state index < -0.39 is 0 Å². The third kappa shape index (κ3) is 5.21. The molecule has 3 rings (SSSR count). The van der Waals surface area contributed by atoms with Crippen LogP contribution in [-0.2, 0) is 11.2 Å². The fourth-order valence-electron chi connectivity index (χ4n) is 3.12. The molecule has 1 aliphatic heterocycles. The van der Waals surface area contributed by atoms with Gasteiger partial charge in [0, 0.05) is 32.7 Å². The number of fused-ring (bicyclic) bond motifs is 1. The summed E-state index contributed by atoms with van der Waals surface area (Å²) >= 11 is 0. The molecule has 1 aromatic carbocycles. The lowest BCUT2D eigenvalue weighted by Gasteiger charge is -2.25. The second kappa shape index (κ2) is 7.98. The highest BCUT2D eigenvalue weighted by Gasteiger charge is 2.23. The lowest BCUT2D eigenvalue weighted by molar-refractivity contribution is -0.130. The Balaban J connectivity index is 1.53. The van der Waals surface area contributed by atoms with Gasteiger partial charge in [-0.25, -0.2) is 9.78 Å². The molecule has 2 heterocycles. The molecule has 1 aromatic heterocycles. The van der Waals surface area contributed by atoms with E-state index in [9.17, 15) is 9.59 Å². The van der Waals surface area contributed by atoms with Crippen LogP contribution in [0.5, 0.6) is 0 Å². The van der Waals surface area contributed by atoms with Gasteiger partial charge in [0.2, 0.25) is 5.91 Å². The van der Waals surface area contributed by atoms with E-state index in [2.05, 4.69) is 31.1 Å². The normalized spacial score (nSPS) is 15.7. The summed E-state index contributed by atoms with van der Waals surface area (Å²) in [4.78, 5) is 32.8. The highest BCUT2D eigenvalue weighted by atomic mass is 16.3. The van der Waals surface area contributed by atoms with Crippen LogP contribution in [0, 0.1) is 5.41 Å². The number of amides is 3. The maximum absolute atomic E-state index is 12.7. The number of hydrogen-bond donors (Lipinski definition) is 1. The first-order chi connectivity index (χ1) is 12.8. The van der Waals surface area contributed by atoms with Crippen molar-refractivity contribution < 1.29 is 14.0 Å². The minimum Gasteiger partial charge on any atom is -0.443 e. The van der Waals surface area contributed by atoms with Gasteiger partial charge in [0.15, 0.2) is 12.0 Å². The lowest BCUT2D eigenvalue weighted by Crippen LogP contribution is -2.45. The van der Waals surface area contributed by atoms with E-state index in [0.29, 0.717) is 44.7 Å². The maximum atomic E-state index is 12.7. The highest BCUT2D eigenvalue weighted by Crippen LogP contribution is 2.16. The zero-order chi connectivity index (χ0) is 19.4. The molecule has 146 valence electrons. The van der Waals surface area contributed by atoms with Crippen molar-refractivity contribution in [2.24, 2.45) is 5.41 Å². The minimum absolute atomic E-state index is 0.0463. The van der Waals surface area contributed by atoms with Crippen LogP contribution in [0.1, 0.15) is 32.8 Å². The summed E-state index contributed by atoms with van der Waals surface area (Å²) in [7, 11) is 0. The van der Waals surface area contributed by atoms with E-state index >= 15 is 0 Å². The Labute approximate surface area is 159 Å². The SMILES string of the molecule is CC(C)(C)CNC(=O)N1CCCN(C(=O)Cc2ccc3ncoc3c2)CC1. The molecule has 7 nitrogen and oxygen atoms in total. The molecule has 1 saturated heterocycles. The largest absolute Gasteiger partial charge is 0.443 e. The molecule has 0 saturated carbocycles. The summed E-state index contributed by atoms with van der Waals surface area (Å²) in [6, 6.07) is 5.59. The zero-order valence-corrected chi connectivity index (χ0v) is 16.3. The van der Waals surface area contributed by atoms with Crippen molar-refractivity contribution in [3.63, 3.8) is 0 Å². The summed E-state index contributed by atoms with van der Waals surface area (Å²) in [6.07, 6.45) is 2.52. The molecule has 0 radical (unpaired) electrons. The minimum atomic E-state index is -0.0463. The third-order valence-corrected chi connectivity index (χ3v) is 4.66. The number of rotatable bonds is 3. The van der Waals surface area contributed by atoms with Crippen LogP contribution in [0.25, 0.3) is 11.1 Å². The quantitative estimate of drug-likeness (QED) is 0.898.